The van der Waals surface area contributed by atoms with Crippen LogP contribution in [0.2, 0.25) is 0 Å². The fourth-order valence-corrected chi connectivity index (χ4v) is 3.82. The van der Waals surface area contributed by atoms with Crippen molar-refractivity contribution in [3.05, 3.63) is 39.8 Å². The van der Waals surface area contributed by atoms with Gasteiger partial charge in [0.05, 0.1) is 15.6 Å². The van der Waals surface area contributed by atoms with Crippen LogP contribution in [0.1, 0.15) is 20.4 Å². The van der Waals surface area contributed by atoms with Crippen molar-refractivity contribution in [1.82, 2.24) is 9.29 Å². The summed E-state index contributed by atoms with van der Waals surface area (Å²) in [5.41, 5.74) is 0.846. The molecule has 0 fully saturated rings. The summed E-state index contributed by atoms with van der Waals surface area (Å²) in [6, 6.07) is 5.83. The van der Waals surface area contributed by atoms with Gasteiger partial charge < -0.3 is 10.1 Å². The minimum atomic E-state index is -3.61. The van der Waals surface area contributed by atoms with Gasteiger partial charge >= 0.3 is 5.97 Å². The number of hydrogen-bond donors (Lipinski definition) is 1. The third-order valence-corrected chi connectivity index (χ3v) is 6.18. The van der Waals surface area contributed by atoms with Crippen molar-refractivity contribution in [3.63, 3.8) is 0 Å². The molecule has 140 valence electrons. The van der Waals surface area contributed by atoms with Crippen LogP contribution in [0.15, 0.2) is 29.2 Å². The number of esters is 1. The molecule has 8 nitrogen and oxygen atoms in total. The van der Waals surface area contributed by atoms with Gasteiger partial charge in [-0.15, -0.1) is 11.3 Å². The number of carbonyl (C=O) groups excluding carboxylic acids is 2. The van der Waals surface area contributed by atoms with E-state index in [2.05, 4.69) is 10.3 Å². The number of nitrogens with zero attached hydrogens (tertiary/aromatic N) is 2. The van der Waals surface area contributed by atoms with E-state index in [4.69, 9.17) is 4.74 Å². The van der Waals surface area contributed by atoms with E-state index in [1.54, 1.807) is 19.9 Å². The molecule has 1 N–H and O–H groups in total. The van der Waals surface area contributed by atoms with Gasteiger partial charge in [-0.05, 0) is 32.0 Å². The molecule has 0 saturated carbocycles. The molecule has 0 aliphatic rings. The predicted octanol–water partition coefficient (Wildman–Crippen LogP) is 1.81. The highest BCUT2D eigenvalue weighted by Crippen LogP contribution is 2.19. The fourth-order valence-electron chi connectivity index (χ4n) is 2.06. The summed E-state index contributed by atoms with van der Waals surface area (Å²) >= 11 is 1.20. The molecule has 1 amide bonds. The maximum Gasteiger partial charge on any atom is 0.350 e. The zero-order valence-corrected chi connectivity index (χ0v) is 16.4. The summed E-state index contributed by atoms with van der Waals surface area (Å²) in [6.07, 6.45) is 0. The quantitative estimate of drug-likeness (QED) is 0.745. The number of carbonyl (C=O) groups is 2. The second-order valence-electron chi connectivity index (χ2n) is 5.59. The van der Waals surface area contributed by atoms with Crippen LogP contribution >= 0.6 is 11.3 Å². The molecule has 0 bridgehead atoms. The van der Waals surface area contributed by atoms with Gasteiger partial charge in [0.15, 0.2) is 6.61 Å². The van der Waals surface area contributed by atoms with Gasteiger partial charge in [0, 0.05) is 19.8 Å². The Morgan fingerprint density at radius 1 is 1.27 bits per heavy atom. The predicted molar refractivity (Wildman–Crippen MR) is 97.8 cm³/mol. The SMILES string of the molecule is Cc1nc(C)c(C(=O)OCC(=O)Nc2cccc(S(=O)(=O)N(C)C)c2)s1. The highest BCUT2D eigenvalue weighted by atomic mass is 32.2. The lowest BCUT2D eigenvalue weighted by molar-refractivity contribution is -0.119. The van der Waals surface area contributed by atoms with Crippen LogP contribution in [-0.4, -0.2) is 50.3 Å². The standard InChI is InChI=1S/C16H19N3O5S2/c1-10-15(25-11(2)17-10)16(21)24-9-14(20)18-12-6-5-7-13(8-12)26(22,23)19(3)4/h5-8H,9H2,1-4H3,(H,18,20). The van der Waals surface area contributed by atoms with E-state index in [1.807, 2.05) is 0 Å². The minimum absolute atomic E-state index is 0.0491. The zero-order chi connectivity index (χ0) is 19.5. The Morgan fingerprint density at radius 3 is 2.54 bits per heavy atom. The number of hydrogen-bond acceptors (Lipinski definition) is 7. The molecule has 0 spiro atoms. The summed E-state index contributed by atoms with van der Waals surface area (Å²) in [7, 11) is -0.769. The first kappa shape index (κ1) is 20.0. The Hall–Kier alpha value is -2.30. The first-order valence-electron chi connectivity index (χ1n) is 7.55. The average molecular weight is 397 g/mol. The molecule has 26 heavy (non-hydrogen) atoms. The summed E-state index contributed by atoms with van der Waals surface area (Å²) in [6.45, 7) is 2.98. The molecule has 2 rings (SSSR count). The molecule has 0 aliphatic heterocycles. The van der Waals surface area contributed by atoms with Crippen LogP contribution in [0.5, 0.6) is 0 Å². The Morgan fingerprint density at radius 2 is 1.96 bits per heavy atom. The Kier molecular flexibility index (Phi) is 6.11. The van der Waals surface area contributed by atoms with Crippen molar-refractivity contribution in [1.29, 1.82) is 0 Å². The number of amides is 1. The van der Waals surface area contributed by atoms with Crippen molar-refractivity contribution in [2.24, 2.45) is 0 Å². The van der Waals surface area contributed by atoms with Gasteiger partial charge in [-0.25, -0.2) is 22.5 Å². The maximum absolute atomic E-state index is 12.1. The zero-order valence-electron chi connectivity index (χ0n) is 14.8. The van der Waals surface area contributed by atoms with E-state index >= 15 is 0 Å². The third kappa shape index (κ3) is 4.65. The van der Waals surface area contributed by atoms with Crippen molar-refractivity contribution in [2.45, 2.75) is 18.7 Å². The topological polar surface area (TPSA) is 106 Å². The highest BCUT2D eigenvalue weighted by Gasteiger charge is 2.19. The van der Waals surface area contributed by atoms with E-state index in [0.717, 1.165) is 9.31 Å². The molecule has 1 aromatic carbocycles. The summed E-state index contributed by atoms with van der Waals surface area (Å²) < 4.78 is 30.3. The lowest BCUT2D eigenvalue weighted by Crippen LogP contribution is -2.23. The number of thiazole rings is 1. The second kappa shape index (κ2) is 7.94. The molecule has 0 saturated heterocycles. The highest BCUT2D eigenvalue weighted by molar-refractivity contribution is 7.89. The molecule has 2 aromatic rings. The lowest BCUT2D eigenvalue weighted by atomic mass is 10.3. The maximum atomic E-state index is 12.1. The molecule has 0 aliphatic carbocycles. The van der Waals surface area contributed by atoms with E-state index in [0.29, 0.717) is 16.3 Å². The van der Waals surface area contributed by atoms with E-state index in [-0.39, 0.29) is 4.90 Å². The van der Waals surface area contributed by atoms with Crippen molar-refractivity contribution in [2.75, 3.05) is 26.0 Å². The number of sulfonamides is 1. The van der Waals surface area contributed by atoms with Crippen LogP contribution < -0.4 is 5.32 Å². The number of anilines is 1. The normalized spacial score (nSPS) is 11.4. The lowest BCUT2D eigenvalue weighted by Gasteiger charge is -2.12. The van der Waals surface area contributed by atoms with Crippen LogP contribution in [0.25, 0.3) is 0 Å². The Balaban J connectivity index is 2.00. The van der Waals surface area contributed by atoms with Crippen LogP contribution in [0.3, 0.4) is 0 Å². The molecular formula is C16H19N3O5S2. The number of aromatic nitrogens is 1. The van der Waals surface area contributed by atoms with Crippen LogP contribution in [-0.2, 0) is 19.6 Å². The number of rotatable bonds is 6. The van der Waals surface area contributed by atoms with E-state index < -0.39 is 28.5 Å². The summed E-state index contributed by atoms with van der Waals surface area (Å²) in [5.74, 6) is -1.19. The number of aryl methyl sites for hydroxylation is 2. The van der Waals surface area contributed by atoms with Gasteiger partial charge in [0.25, 0.3) is 5.91 Å². The van der Waals surface area contributed by atoms with Gasteiger partial charge in [0.2, 0.25) is 10.0 Å². The third-order valence-electron chi connectivity index (χ3n) is 3.32. The number of ether oxygens (including phenoxy) is 1. The fraction of sp³-hybridized carbons (Fsp3) is 0.312. The Labute approximate surface area is 155 Å². The van der Waals surface area contributed by atoms with Crippen molar-refractivity contribution in [3.8, 4) is 0 Å². The molecule has 0 radical (unpaired) electrons. The molecule has 1 heterocycles. The van der Waals surface area contributed by atoms with Gasteiger partial charge in [-0.3, -0.25) is 4.79 Å². The minimum Gasteiger partial charge on any atom is -0.451 e. The van der Waals surface area contributed by atoms with E-state index in [1.165, 1.54) is 43.6 Å². The van der Waals surface area contributed by atoms with Crippen LogP contribution in [0.4, 0.5) is 5.69 Å². The first-order chi connectivity index (χ1) is 12.1. The molecule has 0 atom stereocenters. The second-order valence-corrected chi connectivity index (χ2v) is 8.94. The smallest absolute Gasteiger partial charge is 0.350 e. The average Bonchev–Trinajstić information content (AvgIpc) is 2.91. The summed E-state index contributed by atoms with van der Waals surface area (Å²) in [5, 5.41) is 3.24. The Bertz CT molecular complexity index is 935. The van der Waals surface area contributed by atoms with Crippen LogP contribution in [0, 0.1) is 13.8 Å². The van der Waals surface area contributed by atoms with Gasteiger partial charge in [0.1, 0.15) is 4.88 Å². The van der Waals surface area contributed by atoms with Gasteiger partial charge in [-0.1, -0.05) is 6.07 Å². The monoisotopic (exact) mass is 397 g/mol. The molecule has 1 aromatic heterocycles. The molecule has 10 heteroatoms. The first-order valence-corrected chi connectivity index (χ1v) is 9.80. The van der Waals surface area contributed by atoms with Crippen molar-refractivity contribution < 1.29 is 22.7 Å². The molecular weight excluding hydrogens is 378 g/mol. The summed E-state index contributed by atoms with van der Waals surface area (Å²) in [4.78, 5) is 28.5. The number of benzene rings is 1. The molecule has 0 unspecified atom stereocenters. The largest absolute Gasteiger partial charge is 0.451 e. The number of nitrogens with one attached hydrogen (secondary N) is 1. The van der Waals surface area contributed by atoms with Crippen molar-refractivity contribution >= 4 is 38.9 Å². The van der Waals surface area contributed by atoms with E-state index in [9.17, 15) is 18.0 Å². The van der Waals surface area contributed by atoms with Gasteiger partial charge in [-0.2, -0.15) is 0 Å².